The Hall–Kier alpha value is -2.95. The van der Waals surface area contributed by atoms with Gasteiger partial charge in [0.1, 0.15) is 5.82 Å². The van der Waals surface area contributed by atoms with E-state index in [-0.39, 0.29) is 11.5 Å². The number of hydrogen-bond donors (Lipinski definition) is 1. The highest BCUT2D eigenvalue weighted by atomic mass is 16.1. The number of amides is 1. The van der Waals surface area contributed by atoms with Crippen LogP contribution in [0.15, 0.2) is 41.2 Å². The molecule has 126 valence electrons. The van der Waals surface area contributed by atoms with Gasteiger partial charge in [-0.2, -0.15) is 0 Å². The summed E-state index contributed by atoms with van der Waals surface area (Å²) in [6.45, 7) is 4.71. The first-order valence-corrected chi connectivity index (χ1v) is 8.45. The fourth-order valence-corrected chi connectivity index (χ4v) is 3.37. The minimum atomic E-state index is -0.198. The predicted octanol–water partition coefficient (Wildman–Crippen LogP) is 3.21. The lowest BCUT2D eigenvalue weighted by Crippen LogP contribution is -2.21. The lowest BCUT2D eigenvalue weighted by molar-refractivity contribution is 0.102. The quantitative estimate of drug-likeness (QED) is 0.783. The van der Waals surface area contributed by atoms with E-state index in [0.717, 1.165) is 42.0 Å². The number of nitrogens with one attached hydrogen (secondary N) is 1. The molecule has 25 heavy (non-hydrogen) atoms. The van der Waals surface area contributed by atoms with E-state index in [1.165, 1.54) is 0 Å². The summed E-state index contributed by atoms with van der Waals surface area (Å²) in [6.07, 6.45) is 1.75. The van der Waals surface area contributed by atoms with E-state index >= 15 is 0 Å². The second-order valence-corrected chi connectivity index (χ2v) is 6.59. The van der Waals surface area contributed by atoms with Crippen LogP contribution >= 0.6 is 0 Å². The highest BCUT2D eigenvalue weighted by Crippen LogP contribution is 2.19. The van der Waals surface area contributed by atoms with Gasteiger partial charge in [-0.1, -0.05) is 17.7 Å². The van der Waals surface area contributed by atoms with E-state index < -0.39 is 0 Å². The number of carbonyl (C=O) groups excluding carboxylic acids is 1. The van der Waals surface area contributed by atoms with Gasteiger partial charge in [0.25, 0.3) is 11.5 Å². The zero-order chi connectivity index (χ0) is 17.6. The molecule has 1 aliphatic rings. The molecule has 5 heteroatoms. The van der Waals surface area contributed by atoms with Crippen LogP contribution in [-0.4, -0.2) is 15.5 Å². The molecule has 0 radical (unpaired) electrons. The molecule has 4 rings (SSSR count). The lowest BCUT2D eigenvalue weighted by Gasteiger charge is -2.10. The van der Waals surface area contributed by atoms with Gasteiger partial charge in [-0.15, -0.1) is 0 Å². The van der Waals surface area contributed by atoms with Crippen molar-refractivity contribution in [3.63, 3.8) is 0 Å². The Labute approximate surface area is 145 Å². The molecule has 0 saturated heterocycles. The van der Waals surface area contributed by atoms with Crippen LogP contribution in [0.5, 0.6) is 0 Å². The normalized spacial score (nSPS) is 13.0. The first kappa shape index (κ1) is 15.6. The Balaban J connectivity index is 1.70. The van der Waals surface area contributed by atoms with Crippen LogP contribution in [0.4, 0.5) is 5.69 Å². The molecule has 1 aromatic heterocycles. The van der Waals surface area contributed by atoms with Crippen molar-refractivity contribution in [3.05, 3.63) is 69.3 Å². The maximum Gasteiger partial charge on any atom is 0.261 e. The molecule has 1 amide bonds. The van der Waals surface area contributed by atoms with E-state index in [1.807, 2.05) is 32.0 Å². The van der Waals surface area contributed by atoms with Crippen molar-refractivity contribution in [2.75, 3.05) is 5.32 Å². The summed E-state index contributed by atoms with van der Waals surface area (Å²) in [5.74, 6) is 0.612. The number of aryl methyl sites for hydroxylation is 3. The number of hydrogen-bond acceptors (Lipinski definition) is 3. The molecule has 1 aliphatic heterocycles. The van der Waals surface area contributed by atoms with E-state index in [0.29, 0.717) is 16.5 Å². The summed E-state index contributed by atoms with van der Waals surface area (Å²) in [7, 11) is 0. The van der Waals surface area contributed by atoms with Gasteiger partial charge in [0.15, 0.2) is 0 Å². The molecule has 0 spiro atoms. The zero-order valence-electron chi connectivity index (χ0n) is 14.3. The smallest absolute Gasteiger partial charge is 0.261 e. The maximum absolute atomic E-state index is 12.6. The van der Waals surface area contributed by atoms with Gasteiger partial charge in [0.2, 0.25) is 0 Å². The molecule has 3 aromatic rings. The maximum atomic E-state index is 12.6. The van der Waals surface area contributed by atoms with Crippen LogP contribution in [0, 0.1) is 13.8 Å². The average Bonchev–Trinajstić information content (AvgIpc) is 3.05. The standard InChI is InChI=1S/C20H19N3O2/c1-12-5-8-16(13(2)10-12)22-19(24)14-6-7-15-17(11-14)21-18-4-3-9-23(18)20(15)25/h5-8,10-11H,3-4,9H2,1-2H3,(H,22,24). The Morgan fingerprint density at radius 3 is 2.80 bits per heavy atom. The zero-order valence-corrected chi connectivity index (χ0v) is 14.3. The summed E-state index contributed by atoms with van der Waals surface area (Å²) in [5.41, 5.74) is 4.04. The minimum Gasteiger partial charge on any atom is -0.322 e. The molecule has 2 heterocycles. The third-order valence-corrected chi connectivity index (χ3v) is 4.71. The number of aromatic nitrogens is 2. The molecule has 0 aliphatic carbocycles. The van der Waals surface area contributed by atoms with Crippen molar-refractivity contribution in [2.45, 2.75) is 33.2 Å². The van der Waals surface area contributed by atoms with E-state index in [4.69, 9.17) is 0 Å². The lowest BCUT2D eigenvalue weighted by atomic mass is 10.1. The Bertz CT molecular complexity index is 1070. The minimum absolute atomic E-state index is 0.0150. The number of nitrogens with zero attached hydrogens (tertiary/aromatic N) is 2. The summed E-state index contributed by atoms with van der Waals surface area (Å²) in [4.78, 5) is 29.7. The van der Waals surface area contributed by atoms with Gasteiger partial charge in [0, 0.05) is 24.2 Å². The SMILES string of the molecule is Cc1ccc(NC(=O)c2ccc3c(=O)n4c(nc3c2)CCC4)c(C)c1. The largest absolute Gasteiger partial charge is 0.322 e. The molecule has 1 N–H and O–H groups in total. The number of benzene rings is 2. The molecule has 5 nitrogen and oxygen atoms in total. The van der Waals surface area contributed by atoms with Gasteiger partial charge < -0.3 is 5.32 Å². The highest BCUT2D eigenvalue weighted by molar-refractivity contribution is 6.06. The number of fused-ring (bicyclic) bond motifs is 2. The van der Waals surface area contributed by atoms with Crippen LogP contribution < -0.4 is 10.9 Å². The molecular formula is C20H19N3O2. The van der Waals surface area contributed by atoms with E-state index in [2.05, 4.69) is 10.3 Å². The van der Waals surface area contributed by atoms with Crippen LogP contribution in [0.2, 0.25) is 0 Å². The van der Waals surface area contributed by atoms with Gasteiger partial charge >= 0.3 is 0 Å². The van der Waals surface area contributed by atoms with Crippen molar-refractivity contribution in [1.29, 1.82) is 0 Å². The fraction of sp³-hybridized carbons (Fsp3) is 0.250. The fourth-order valence-electron chi connectivity index (χ4n) is 3.37. The number of carbonyl (C=O) groups is 1. The number of anilines is 1. The molecular weight excluding hydrogens is 314 g/mol. The summed E-state index contributed by atoms with van der Waals surface area (Å²) in [5, 5.41) is 3.50. The van der Waals surface area contributed by atoms with Crippen molar-refractivity contribution in [3.8, 4) is 0 Å². The Morgan fingerprint density at radius 1 is 1.16 bits per heavy atom. The second kappa shape index (κ2) is 5.84. The third-order valence-electron chi connectivity index (χ3n) is 4.71. The molecule has 0 fully saturated rings. The monoisotopic (exact) mass is 333 g/mol. The van der Waals surface area contributed by atoms with Crippen LogP contribution in [-0.2, 0) is 13.0 Å². The van der Waals surface area contributed by atoms with E-state index in [1.54, 1.807) is 22.8 Å². The third kappa shape index (κ3) is 2.71. The van der Waals surface area contributed by atoms with Crippen molar-refractivity contribution >= 4 is 22.5 Å². The van der Waals surface area contributed by atoms with E-state index in [9.17, 15) is 9.59 Å². The summed E-state index contributed by atoms with van der Waals surface area (Å²) in [6, 6.07) is 11.0. The van der Waals surface area contributed by atoms with Crippen LogP contribution in [0.25, 0.3) is 10.9 Å². The van der Waals surface area contributed by atoms with Gasteiger partial charge in [-0.05, 0) is 50.1 Å². The Morgan fingerprint density at radius 2 is 2.00 bits per heavy atom. The number of rotatable bonds is 2. The molecule has 0 saturated carbocycles. The second-order valence-electron chi connectivity index (χ2n) is 6.59. The molecule has 2 aromatic carbocycles. The molecule has 0 bridgehead atoms. The molecule has 0 atom stereocenters. The van der Waals surface area contributed by atoms with Gasteiger partial charge in [0.05, 0.1) is 10.9 Å². The van der Waals surface area contributed by atoms with Crippen LogP contribution in [0.3, 0.4) is 0 Å². The Kier molecular flexibility index (Phi) is 3.64. The summed E-state index contributed by atoms with van der Waals surface area (Å²) >= 11 is 0. The van der Waals surface area contributed by atoms with Gasteiger partial charge in [-0.3, -0.25) is 14.2 Å². The van der Waals surface area contributed by atoms with Crippen LogP contribution in [0.1, 0.15) is 33.7 Å². The van der Waals surface area contributed by atoms with Crippen molar-refractivity contribution < 1.29 is 4.79 Å². The topological polar surface area (TPSA) is 64.0 Å². The predicted molar refractivity (Wildman–Crippen MR) is 98.2 cm³/mol. The summed E-state index contributed by atoms with van der Waals surface area (Å²) < 4.78 is 1.73. The van der Waals surface area contributed by atoms with Gasteiger partial charge in [-0.25, -0.2) is 4.98 Å². The molecule has 0 unspecified atom stereocenters. The average molecular weight is 333 g/mol. The first-order valence-electron chi connectivity index (χ1n) is 8.45. The van der Waals surface area contributed by atoms with Crippen molar-refractivity contribution in [2.24, 2.45) is 0 Å². The van der Waals surface area contributed by atoms with Crippen molar-refractivity contribution in [1.82, 2.24) is 9.55 Å². The highest BCUT2D eigenvalue weighted by Gasteiger charge is 2.17. The first-order chi connectivity index (χ1) is 12.0.